The summed E-state index contributed by atoms with van der Waals surface area (Å²) >= 11 is 0. The molecule has 20 nitrogen and oxygen atoms in total. The zero-order valence-electron chi connectivity index (χ0n) is 50.7. The van der Waals surface area contributed by atoms with Gasteiger partial charge in [-0.05, 0) is 141 Å². The molecule has 0 bridgehead atoms. The van der Waals surface area contributed by atoms with Gasteiger partial charge in [0.2, 0.25) is 0 Å². The molecule has 0 fully saturated rings. The first-order valence-electron chi connectivity index (χ1n) is 30.4. The van der Waals surface area contributed by atoms with Crippen LogP contribution in [0.3, 0.4) is 0 Å². The summed E-state index contributed by atoms with van der Waals surface area (Å²) in [5.74, 6) is 2.99. The summed E-state index contributed by atoms with van der Waals surface area (Å²) in [6.07, 6.45) is 40.5. The number of rotatable bonds is 8. The summed E-state index contributed by atoms with van der Waals surface area (Å²) in [4.78, 5) is 64.4. The average molecular weight is 1610 g/mol. The molecule has 0 radical (unpaired) electrons. The van der Waals surface area contributed by atoms with Gasteiger partial charge in [0.1, 0.15) is 23.3 Å². The second kappa shape index (κ2) is 22.2. The van der Waals surface area contributed by atoms with E-state index in [-0.39, 0.29) is 42.1 Å². The summed E-state index contributed by atoms with van der Waals surface area (Å²) < 4.78 is 0. The molecule has 20 rings (SSSR count). The maximum atomic E-state index is 4.87. The molecule has 6 aliphatic rings. The van der Waals surface area contributed by atoms with Gasteiger partial charge in [0.25, 0.3) is 0 Å². The van der Waals surface area contributed by atoms with E-state index in [0.29, 0.717) is 0 Å². The molecule has 0 saturated heterocycles. The van der Waals surface area contributed by atoms with Crippen molar-refractivity contribution in [3.05, 3.63) is 337 Å². The van der Waals surface area contributed by atoms with Crippen LogP contribution in [0.4, 0.5) is 23.3 Å². The predicted molar refractivity (Wildman–Crippen MR) is 348 cm³/mol. The van der Waals surface area contributed by atoms with Crippen molar-refractivity contribution in [3.8, 4) is 44.5 Å². The van der Waals surface area contributed by atoms with Crippen LogP contribution in [-0.2, 0) is 64.0 Å². The molecule has 0 spiro atoms. The molecule has 14 aromatic rings. The molecule has 0 unspecified atom stereocenters. The average Bonchev–Trinajstić information content (AvgIpc) is 1.59. The van der Waals surface area contributed by atoms with Gasteiger partial charge >= 0.3 is 0 Å². The third-order valence-electron chi connectivity index (χ3n) is 19.6. The molecule has 12 aromatic heterocycles. The Kier molecular flexibility index (Phi) is 13.6. The van der Waals surface area contributed by atoms with Crippen molar-refractivity contribution in [2.75, 3.05) is 33.7 Å². The molecule has 0 atom stereocenters. The zero-order chi connectivity index (χ0) is 62.3. The Bertz CT molecular complexity index is 5180. The predicted octanol–water partition coefficient (Wildman–Crippen LogP) is 9.84. The van der Waals surface area contributed by atoms with Gasteiger partial charge in [-0.3, -0.25) is 39.9 Å². The fraction of sp³-hybridized carbons (Fsp3) is 0.0811. The Morgan fingerprint density at radius 1 is 0.354 bits per heavy atom. The van der Waals surface area contributed by atoms with E-state index in [1.165, 1.54) is 0 Å². The number of pyridine rings is 8. The molecule has 4 aliphatic carbocycles. The first kappa shape index (κ1) is 58.6. The minimum absolute atomic E-state index is 0. The Labute approximate surface area is 578 Å². The van der Waals surface area contributed by atoms with Gasteiger partial charge in [-0.2, -0.15) is 74.3 Å². The Hall–Kier alpha value is -11.2. The van der Waals surface area contributed by atoms with Crippen LogP contribution in [0.25, 0.3) is 44.5 Å². The molecular formula is C74H46N20Pt2-6. The first-order valence-corrected chi connectivity index (χ1v) is 30.4. The number of fused-ring (bicyclic) bond motifs is 14. The standard InChI is InChI=1S/2C37H23N10.2Pt/c1-46-22-47(35-34(46)42-16-17-43-35)37(31-20-40-13-8-27(31)28-9-14-41-21-32(28)37)24-4-2-23(3-5-24)36(33-10-15-44-45-33)29-18-38-11-6-25(29)26-7-12-39-19-30(26)36;1-46-22-47(35-34(46)42-15-16-43-35)37(31-20-40-12-7-27(31)28-8-13-41-21-32(28)37)24-4-2-3-23(17-24)36(33-9-14-44-45-33)29-18-38-10-5-25(29)26-6-11-39-19-30(26)36;;/h2,4-22H,1H3;2-16,18-22H,1H3;;/q2*-3;;. The van der Waals surface area contributed by atoms with E-state index in [9.17, 15) is 0 Å². The summed E-state index contributed by atoms with van der Waals surface area (Å²) in [6, 6.07) is 40.9. The van der Waals surface area contributed by atoms with Gasteiger partial charge in [0.15, 0.2) is 0 Å². The normalized spacial score (nSPS) is 15.6. The van der Waals surface area contributed by atoms with Gasteiger partial charge in [0.05, 0.1) is 21.9 Å². The van der Waals surface area contributed by atoms with E-state index < -0.39 is 21.9 Å². The quantitative estimate of drug-likeness (QED) is 0.129. The number of nitrogens with zero attached hydrogens (tertiary/aromatic N) is 20. The van der Waals surface area contributed by atoms with Crippen molar-refractivity contribution in [2.24, 2.45) is 0 Å². The Balaban J connectivity index is 0.000000142. The summed E-state index contributed by atoms with van der Waals surface area (Å²) in [5, 5.41) is 17.9. The van der Waals surface area contributed by atoms with Crippen LogP contribution in [0.1, 0.15) is 78.1 Å². The number of anilines is 4. The Morgan fingerprint density at radius 2 is 0.698 bits per heavy atom. The zero-order valence-corrected chi connectivity index (χ0v) is 55.2. The second-order valence-electron chi connectivity index (χ2n) is 23.7. The van der Waals surface area contributed by atoms with E-state index in [2.05, 4.69) is 180 Å². The molecule has 96 heavy (non-hydrogen) atoms. The van der Waals surface area contributed by atoms with Gasteiger partial charge in [-0.25, -0.2) is 19.9 Å². The third-order valence-corrected chi connectivity index (χ3v) is 19.6. The summed E-state index contributed by atoms with van der Waals surface area (Å²) in [6.45, 7) is 4.11. The van der Waals surface area contributed by atoms with Gasteiger partial charge < -0.3 is 40.0 Å². The third kappa shape index (κ3) is 7.67. The van der Waals surface area contributed by atoms with Gasteiger partial charge in [-0.1, -0.05) is 12.1 Å². The topological polar surface area (TPSA) is 222 Å². The number of benzene rings is 2. The molecule has 0 N–H and O–H groups in total. The van der Waals surface area contributed by atoms with Crippen LogP contribution in [0.5, 0.6) is 0 Å². The number of hydrogen-bond acceptors (Lipinski definition) is 18. The maximum Gasteiger partial charge on any atom is 0.142 e. The van der Waals surface area contributed by atoms with Crippen LogP contribution in [-0.4, -0.2) is 84.1 Å². The van der Waals surface area contributed by atoms with Crippen molar-refractivity contribution in [2.45, 2.75) is 21.9 Å². The second-order valence-corrected chi connectivity index (χ2v) is 23.7. The molecule has 2 aromatic carbocycles. The van der Waals surface area contributed by atoms with Crippen LogP contribution in [0, 0.1) is 25.5 Å². The Morgan fingerprint density at radius 3 is 1.07 bits per heavy atom. The van der Waals surface area contributed by atoms with E-state index in [1.807, 2.05) is 135 Å². The molecule has 468 valence electrons. The van der Waals surface area contributed by atoms with E-state index in [1.54, 1.807) is 37.2 Å². The molecule has 14 heterocycles. The van der Waals surface area contributed by atoms with E-state index in [4.69, 9.17) is 20.1 Å². The maximum absolute atomic E-state index is 4.87. The van der Waals surface area contributed by atoms with Crippen LogP contribution in [0.15, 0.2) is 233 Å². The van der Waals surface area contributed by atoms with E-state index in [0.717, 1.165) is 146 Å². The largest absolute Gasteiger partial charge is 0.581 e. The molecule has 0 amide bonds. The van der Waals surface area contributed by atoms with Crippen molar-refractivity contribution in [1.29, 1.82) is 0 Å². The van der Waals surface area contributed by atoms with Crippen molar-refractivity contribution >= 4 is 23.3 Å². The van der Waals surface area contributed by atoms with Crippen LogP contribution < -0.4 is 29.8 Å². The number of aromatic nitrogens is 16. The SMILES string of the molecule is CN1[CH-]N(C2(c3[c-]c(C4(c5cc[n-]n5)c5cnccc5-c5ccncc54)ccc3)c3cnccc3-c3ccncc32)c2nccnc21.CN1[CH-]N(C2(c3c[c-]c(C4(c5cc[n-]n5)c5cnccc5-c5ccncc54)cc3)c3cnccc3-c3ccncc32)c2nccnc21.[Pt].[Pt]. The minimum atomic E-state index is -0.939. The molecular weight excluding hydrogens is 1560 g/mol. The van der Waals surface area contributed by atoms with Crippen molar-refractivity contribution in [3.63, 3.8) is 0 Å². The molecule has 2 aliphatic heterocycles. The minimum Gasteiger partial charge on any atom is -0.581 e. The van der Waals surface area contributed by atoms with E-state index >= 15 is 0 Å². The van der Waals surface area contributed by atoms with Gasteiger partial charge in [-0.15, -0.1) is 22.3 Å². The van der Waals surface area contributed by atoms with Gasteiger partial charge in [0, 0.05) is 189 Å². The van der Waals surface area contributed by atoms with Crippen molar-refractivity contribution < 1.29 is 42.1 Å². The smallest absolute Gasteiger partial charge is 0.142 e. The fourth-order valence-corrected chi connectivity index (χ4v) is 15.9. The summed E-state index contributed by atoms with van der Waals surface area (Å²) in [5.41, 5.74) is 18.5. The number of hydrogen-bond donors (Lipinski definition) is 0. The first-order chi connectivity index (χ1) is 46.5. The fourth-order valence-electron chi connectivity index (χ4n) is 15.9. The van der Waals surface area contributed by atoms with Crippen LogP contribution in [0.2, 0.25) is 0 Å². The monoisotopic (exact) mass is 1600 g/mol. The van der Waals surface area contributed by atoms with Crippen LogP contribution >= 0.6 is 0 Å². The summed E-state index contributed by atoms with van der Waals surface area (Å²) in [7, 11) is 3.97. The van der Waals surface area contributed by atoms with Crippen molar-refractivity contribution in [1.82, 2.24) is 80.2 Å². The molecule has 0 saturated carbocycles. The molecule has 22 heteroatoms.